The van der Waals surface area contributed by atoms with E-state index in [2.05, 4.69) is 200 Å². The summed E-state index contributed by atoms with van der Waals surface area (Å²) >= 11 is 0. The maximum atomic E-state index is 4.55. The summed E-state index contributed by atoms with van der Waals surface area (Å²) in [5, 5.41) is 0. The Morgan fingerprint density at radius 3 is 1.39 bits per heavy atom. The highest BCUT2D eigenvalue weighted by Crippen LogP contribution is 2.66. The van der Waals surface area contributed by atoms with E-state index in [0.717, 1.165) is 12.2 Å². The summed E-state index contributed by atoms with van der Waals surface area (Å²) in [6, 6.07) is 56.3. The fraction of sp³-hybridized carbons (Fsp3) is 0.106. The molecule has 0 atom stereocenters. The summed E-state index contributed by atoms with van der Waals surface area (Å²) in [6.45, 7) is 9.76. The second-order valence-corrected chi connectivity index (χ2v) is 13.1. The molecule has 0 saturated carbocycles. The predicted octanol–water partition coefficient (Wildman–Crippen LogP) is 11.4. The number of hydrogen-bond donors (Lipinski definition) is 0. The monoisotopic (exact) mass is 630 g/mol. The molecule has 1 aliphatic carbocycles. The molecular weight excluding hydrogens is 593 g/mol. The molecule has 2 aliphatic heterocycles. The molecule has 6 aromatic carbocycles. The van der Waals surface area contributed by atoms with E-state index in [1.165, 1.54) is 67.3 Å². The lowest BCUT2D eigenvalue weighted by Gasteiger charge is -2.56. The zero-order valence-corrected chi connectivity index (χ0v) is 28.0. The van der Waals surface area contributed by atoms with Gasteiger partial charge in [0.25, 0.3) is 0 Å². The molecule has 0 unspecified atom stereocenters. The normalized spacial score (nSPS) is 16.2. The van der Waals surface area contributed by atoms with Gasteiger partial charge in [0.15, 0.2) is 0 Å². The van der Waals surface area contributed by atoms with Crippen molar-refractivity contribution in [1.82, 2.24) is 0 Å². The molecule has 2 heteroatoms. The molecule has 0 aromatic heterocycles. The Hall–Kier alpha value is -5.86. The van der Waals surface area contributed by atoms with Crippen molar-refractivity contribution < 1.29 is 0 Å². The van der Waals surface area contributed by atoms with Crippen LogP contribution in [-0.4, -0.2) is 6.54 Å². The third-order valence-corrected chi connectivity index (χ3v) is 11.0. The Morgan fingerprint density at radius 1 is 0.510 bits per heavy atom. The van der Waals surface area contributed by atoms with E-state index in [4.69, 9.17) is 0 Å². The minimum Gasteiger partial charge on any atom is -0.341 e. The van der Waals surface area contributed by atoms with E-state index in [1.54, 1.807) is 0 Å². The van der Waals surface area contributed by atoms with Crippen LogP contribution >= 0.6 is 0 Å². The summed E-state index contributed by atoms with van der Waals surface area (Å²) in [5.74, 6) is 0. The van der Waals surface area contributed by atoms with Gasteiger partial charge in [-0.05, 0) is 94.8 Å². The topological polar surface area (TPSA) is 6.48 Å². The fourth-order valence-corrected chi connectivity index (χ4v) is 9.40. The number of para-hydroxylation sites is 4. The first-order chi connectivity index (χ1) is 24.2. The van der Waals surface area contributed by atoms with Crippen LogP contribution in [0.15, 0.2) is 188 Å². The predicted molar refractivity (Wildman–Crippen MR) is 204 cm³/mol. The van der Waals surface area contributed by atoms with E-state index in [9.17, 15) is 0 Å². The number of likely N-dealkylation sites (N-methyl/N-ethyl adjacent to an activating group) is 1. The molecule has 0 saturated heterocycles. The van der Waals surface area contributed by atoms with Gasteiger partial charge in [-0.15, -0.1) is 0 Å². The molecule has 0 amide bonds. The van der Waals surface area contributed by atoms with Gasteiger partial charge in [-0.25, -0.2) is 0 Å². The quantitative estimate of drug-likeness (QED) is 0.191. The zero-order chi connectivity index (χ0) is 33.2. The number of fused-ring (bicyclic) bond motifs is 12. The lowest BCUT2D eigenvalue weighted by atomic mass is 9.48. The third-order valence-electron chi connectivity index (χ3n) is 11.0. The third kappa shape index (κ3) is 3.66. The zero-order valence-electron chi connectivity index (χ0n) is 28.0. The Bertz CT molecular complexity index is 2230. The maximum Gasteiger partial charge on any atom is 0.0748 e. The fourth-order valence-electron chi connectivity index (χ4n) is 9.40. The molecular formula is C47H38N2. The van der Waals surface area contributed by atoms with Gasteiger partial charge in [-0.3, -0.25) is 0 Å². The van der Waals surface area contributed by atoms with Crippen LogP contribution in [0.5, 0.6) is 0 Å². The second kappa shape index (κ2) is 11.1. The Labute approximate surface area is 289 Å². The highest BCUT2D eigenvalue weighted by atomic mass is 15.2. The lowest BCUT2D eigenvalue weighted by molar-refractivity contribution is 0.599. The summed E-state index contributed by atoms with van der Waals surface area (Å²) in [4.78, 5) is 4.90. The van der Waals surface area contributed by atoms with Crippen molar-refractivity contribution >= 4 is 22.7 Å². The van der Waals surface area contributed by atoms with Gasteiger partial charge in [0.2, 0.25) is 0 Å². The highest BCUT2D eigenvalue weighted by Gasteiger charge is 2.58. The van der Waals surface area contributed by atoms with Crippen molar-refractivity contribution in [2.75, 3.05) is 16.3 Å². The van der Waals surface area contributed by atoms with Crippen LogP contribution in [0, 0.1) is 0 Å². The number of allylic oxidation sites excluding steroid dienone is 4. The average molecular weight is 631 g/mol. The van der Waals surface area contributed by atoms with Crippen molar-refractivity contribution in [2.45, 2.75) is 24.7 Å². The molecule has 0 bridgehead atoms. The molecule has 2 heterocycles. The van der Waals surface area contributed by atoms with Crippen LogP contribution in [0.4, 0.5) is 22.7 Å². The van der Waals surface area contributed by atoms with Gasteiger partial charge in [0, 0.05) is 23.6 Å². The van der Waals surface area contributed by atoms with Crippen molar-refractivity contribution in [3.8, 4) is 0 Å². The summed E-state index contributed by atoms with van der Waals surface area (Å²) < 4.78 is 0. The summed E-state index contributed by atoms with van der Waals surface area (Å²) in [6.07, 6.45) is 6.56. The number of nitrogens with zero attached hydrogens (tertiary/aromatic N) is 2. The SMILES string of the molecule is C=CC1=C(/C=C\C)N(CC)c2ccccc2C12c1ccccc1C1(c3ccccc3N(c3ccccc3)c3ccccc31)c1ccccc12. The van der Waals surface area contributed by atoms with Crippen LogP contribution in [0.1, 0.15) is 52.8 Å². The Balaban J connectivity index is 1.49. The van der Waals surface area contributed by atoms with Gasteiger partial charge in [0.05, 0.1) is 22.2 Å². The van der Waals surface area contributed by atoms with E-state index < -0.39 is 10.8 Å². The van der Waals surface area contributed by atoms with Crippen molar-refractivity contribution in [1.29, 1.82) is 0 Å². The van der Waals surface area contributed by atoms with Crippen molar-refractivity contribution in [3.05, 3.63) is 227 Å². The molecule has 6 aromatic rings. The van der Waals surface area contributed by atoms with E-state index in [-0.39, 0.29) is 0 Å². The van der Waals surface area contributed by atoms with Gasteiger partial charge in [-0.1, -0.05) is 140 Å². The average Bonchev–Trinajstić information content (AvgIpc) is 3.17. The lowest BCUT2D eigenvalue weighted by Crippen LogP contribution is -2.50. The molecule has 3 aliphatic rings. The molecule has 49 heavy (non-hydrogen) atoms. The first-order valence-electron chi connectivity index (χ1n) is 17.3. The van der Waals surface area contributed by atoms with Crippen LogP contribution < -0.4 is 9.80 Å². The maximum absolute atomic E-state index is 4.55. The second-order valence-electron chi connectivity index (χ2n) is 13.1. The van der Waals surface area contributed by atoms with Crippen LogP contribution in [0.2, 0.25) is 0 Å². The van der Waals surface area contributed by atoms with E-state index in [0.29, 0.717) is 0 Å². The number of rotatable bonds is 4. The van der Waals surface area contributed by atoms with Crippen LogP contribution in [-0.2, 0) is 10.8 Å². The minimum atomic E-state index is -0.586. The Kier molecular flexibility index (Phi) is 6.64. The molecule has 0 N–H and O–H groups in total. The van der Waals surface area contributed by atoms with Crippen molar-refractivity contribution in [2.24, 2.45) is 0 Å². The van der Waals surface area contributed by atoms with Gasteiger partial charge < -0.3 is 9.80 Å². The van der Waals surface area contributed by atoms with Gasteiger partial charge in [-0.2, -0.15) is 0 Å². The molecule has 0 radical (unpaired) electrons. The first kappa shape index (κ1) is 29.3. The molecule has 2 spiro atoms. The van der Waals surface area contributed by atoms with Crippen LogP contribution in [0.25, 0.3) is 0 Å². The summed E-state index contributed by atoms with van der Waals surface area (Å²) in [5.41, 5.74) is 15.1. The summed E-state index contributed by atoms with van der Waals surface area (Å²) in [7, 11) is 0. The van der Waals surface area contributed by atoms with E-state index in [1.807, 2.05) is 0 Å². The van der Waals surface area contributed by atoms with Gasteiger partial charge >= 0.3 is 0 Å². The minimum absolute atomic E-state index is 0.569. The smallest absolute Gasteiger partial charge is 0.0748 e. The van der Waals surface area contributed by atoms with E-state index >= 15 is 0 Å². The number of anilines is 4. The molecule has 9 rings (SSSR count). The highest BCUT2D eigenvalue weighted by molar-refractivity contribution is 5.92. The number of benzene rings is 6. The largest absolute Gasteiger partial charge is 0.341 e. The molecule has 2 nitrogen and oxygen atoms in total. The van der Waals surface area contributed by atoms with Crippen LogP contribution in [0.3, 0.4) is 0 Å². The number of hydrogen-bond acceptors (Lipinski definition) is 2. The standard InChI is InChI=1S/C47H38N2/c1-4-20-42-34(5-2)46(39-27-14-17-30-43(39)48(42)6-3)35-23-10-12-25-37(35)47(38-26-13-11-24-36(38)46)40-28-15-18-31-44(40)49(33-21-8-7-9-22-33)45-32-19-16-29-41(45)47/h4-5,7-32H,2,6H2,1,3H3/b20-4-. The van der Waals surface area contributed by atoms with Gasteiger partial charge in [0.1, 0.15) is 0 Å². The Morgan fingerprint density at radius 2 is 0.918 bits per heavy atom. The molecule has 236 valence electrons. The van der Waals surface area contributed by atoms with Crippen molar-refractivity contribution in [3.63, 3.8) is 0 Å². The molecule has 0 fully saturated rings. The first-order valence-corrected chi connectivity index (χ1v) is 17.3.